The number of aliphatic hydroxyl groups is 3. The minimum atomic E-state index is -2.42. The van der Waals surface area contributed by atoms with Crippen molar-refractivity contribution in [2.24, 2.45) is 11.7 Å². The van der Waals surface area contributed by atoms with Gasteiger partial charge < -0.3 is 76.8 Å². The van der Waals surface area contributed by atoms with Crippen molar-refractivity contribution in [3.63, 3.8) is 0 Å². The number of nitrogens with one attached hydrogen (secondary N) is 5. The highest BCUT2D eigenvalue weighted by molar-refractivity contribution is 6.31. The molecule has 7 rings (SSSR count). The quantitative estimate of drug-likeness (QED) is 0.0269. The second-order valence-electron chi connectivity index (χ2n) is 20.8. The van der Waals surface area contributed by atoms with Crippen LogP contribution in [0.15, 0.2) is 54.6 Å². The van der Waals surface area contributed by atoms with Crippen LogP contribution in [0, 0.1) is 5.92 Å². The number of ketones is 3. The van der Waals surface area contributed by atoms with E-state index in [2.05, 4.69) is 26.6 Å². The van der Waals surface area contributed by atoms with Crippen LogP contribution in [0.5, 0.6) is 17.2 Å². The monoisotopic (exact) mass is 1140 g/mol. The molecule has 26 heteroatoms. The molecule has 8 amide bonds. The normalized spacial score (nSPS) is 21.6. The van der Waals surface area contributed by atoms with Gasteiger partial charge in [-0.15, -0.1) is 0 Å². The highest BCUT2D eigenvalue weighted by Gasteiger charge is 2.50. The molecule has 2 aliphatic heterocycles. The topological polar surface area (TPSA) is 398 Å². The Bertz CT molecular complexity index is 3020. The Balaban J connectivity index is 0.959. The Morgan fingerprint density at radius 2 is 1.57 bits per heavy atom. The van der Waals surface area contributed by atoms with Gasteiger partial charge in [-0.2, -0.15) is 0 Å². The van der Waals surface area contributed by atoms with Crippen molar-refractivity contribution < 1.29 is 92.4 Å². The lowest BCUT2D eigenvalue weighted by Crippen LogP contribution is -2.56. The number of aromatic hydroxyl groups is 2. The number of Topliss-reactive ketones (excluding diaryl/α,β-unsaturated/α-hetero) is 1. The number of ether oxygens (including phenoxy) is 4. The van der Waals surface area contributed by atoms with Crippen LogP contribution >= 0.6 is 0 Å². The van der Waals surface area contributed by atoms with E-state index in [1.54, 1.807) is 26.0 Å². The molecule has 0 spiro atoms. The lowest BCUT2D eigenvalue weighted by molar-refractivity contribution is -0.249. The van der Waals surface area contributed by atoms with Crippen molar-refractivity contribution in [1.82, 2.24) is 26.2 Å². The van der Waals surface area contributed by atoms with Crippen LogP contribution in [0.1, 0.15) is 127 Å². The number of carbonyl (C=O) groups excluding carboxylic acids is 10. The summed E-state index contributed by atoms with van der Waals surface area (Å²) in [6.07, 6.45) is -3.74. The number of rotatable bonds is 24. The first-order chi connectivity index (χ1) is 39.0. The van der Waals surface area contributed by atoms with Crippen LogP contribution < -0.4 is 37.1 Å². The van der Waals surface area contributed by atoms with Gasteiger partial charge >= 0.3 is 12.1 Å². The summed E-state index contributed by atoms with van der Waals surface area (Å²) in [5.74, 6) is -7.22. The number of fused-ring (bicyclic) bond motifs is 3. The van der Waals surface area contributed by atoms with Crippen molar-refractivity contribution in [3.8, 4) is 17.2 Å². The molecular weight excluding hydrogens is 1070 g/mol. The van der Waals surface area contributed by atoms with Crippen LogP contribution in [-0.4, -0.2) is 158 Å². The summed E-state index contributed by atoms with van der Waals surface area (Å²) >= 11 is 0. The van der Waals surface area contributed by atoms with E-state index in [0.717, 1.165) is 4.90 Å². The zero-order chi connectivity index (χ0) is 59.7. The number of hydrogen-bond donors (Lipinski definition) is 11. The first-order valence-electron chi connectivity index (χ1n) is 26.7. The Morgan fingerprint density at radius 3 is 2.23 bits per heavy atom. The third-order valence-electron chi connectivity index (χ3n) is 14.7. The molecule has 2 heterocycles. The lowest BCUT2D eigenvalue weighted by atomic mass is 9.72. The zero-order valence-corrected chi connectivity index (χ0v) is 45.5. The van der Waals surface area contributed by atoms with E-state index in [-0.39, 0.29) is 90.9 Å². The van der Waals surface area contributed by atoms with Crippen molar-refractivity contribution in [3.05, 3.63) is 93.6 Å². The van der Waals surface area contributed by atoms with Crippen LogP contribution in [0.25, 0.3) is 0 Å². The number of phenols is 2. The number of nitrogens with zero attached hydrogens (tertiary/aromatic N) is 1. The summed E-state index contributed by atoms with van der Waals surface area (Å²) < 4.78 is 23.0. The Kier molecular flexibility index (Phi) is 19.8. The van der Waals surface area contributed by atoms with E-state index in [9.17, 15) is 73.5 Å². The van der Waals surface area contributed by atoms with E-state index in [0.29, 0.717) is 24.8 Å². The Labute approximate surface area is 470 Å². The fourth-order valence-corrected chi connectivity index (χ4v) is 10.3. The molecule has 12 N–H and O–H groups in total. The molecule has 3 aromatic carbocycles. The van der Waals surface area contributed by atoms with Gasteiger partial charge in [-0.1, -0.05) is 44.5 Å². The largest absolute Gasteiger partial charge is 0.507 e. The number of alkyl carbamates (subject to hydrolysis) is 1. The number of nitrogens with two attached hydrogens (primary N) is 1. The van der Waals surface area contributed by atoms with Crippen LogP contribution in [-0.2, 0) is 56.0 Å². The number of imide groups is 1. The predicted octanol–water partition coefficient (Wildman–Crippen LogP) is 1.47. The molecule has 1 saturated heterocycles. The first-order valence-corrected chi connectivity index (χ1v) is 26.7. The molecule has 3 aromatic rings. The van der Waals surface area contributed by atoms with Gasteiger partial charge in [0.2, 0.25) is 23.5 Å². The molecule has 0 radical (unpaired) electrons. The van der Waals surface area contributed by atoms with E-state index < -0.39 is 144 Å². The third-order valence-corrected chi connectivity index (χ3v) is 14.7. The molecule has 0 saturated carbocycles. The summed E-state index contributed by atoms with van der Waals surface area (Å²) in [7, 11) is 1.28. The number of hydrogen-bond acceptors (Lipinski definition) is 19. The van der Waals surface area contributed by atoms with Crippen molar-refractivity contribution in [2.45, 2.75) is 133 Å². The van der Waals surface area contributed by atoms with Gasteiger partial charge in [0.15, 0.2) is 17.9 Å². The number of aliphatic hydroxyl groups excluding tert-OH is 2. The molecule has 1 fully saturated rings. The predicted molar refractivity (Wildman–Crippen MR) is 286 cm³/mol. The lowest BCUT2D eigenvalue weighted by Gasteiger charge is -2.42. The number of methoxy groups -OCH3 is 1. The number of anilines is 1. The van der Waals surface area contributed by atoms with Gasteiger partial charge in [0, 0.05) is 73.3 Å². The second kappa shape index (κ2) is 26.5. The number of carbonyl (C=O) groups is 10. The number of primary amides is 1. The van der Waals surface area contributed by atoms with Gasteiger partial charge in [-0.25, -0.2) is 9.59 Å². The minimum absolute atomic E-state index is 0.0191. The van der Waals surface area contributed by atoms with Gasteiger partial charge in [-0.05, 0) is 62.3 Å². The maximum Gasteiger partial charge on any atom is 0.407 e. The highest BCUT2D eigenvalue weighted by atomic mass is 16.7. The van der Waals surface area contributed by atoms with Crippen molar-refractivity contribution in [2.75, 3.05) is 32.1 Å². The van der Waals surface area contributed by atoms with Crippen LogP contribution in [0.3, 0.4) is 0 Å². The van der Waals surface area contributed by atoms with Gasteiger partial charge in [0.05, 0.1) is 42.0 Å². The van der Waals surface area contributed by atoms with E-state index in [4.69, 9.17) is 24.7 Å². The molecule has 82 heavy (non-hydrogen) atoms. The number of amides is 8. The number of phenolic OH excluding ortho intramolecular Hbond substituents is 2. The SMILES string of the molecule is COc1cccc2c1C(=O)c1c(O)c3c(c(O)c1C2=O)C[C@@](O)(C(=O)CO)CC3OC1CC(NC(=O)OCc2ccc(NC(=O)C(CCCNC(N)=O)NC(=O)[C@@H](NC(=O)CCCCCN3C(=O)C=CC3=O)C(C)C)cc2)C(O)C(C)O1. The minimum Gasteiger partial charge on any atom is -0.507 e. The second-order valence-corrected chi connectivity index (χ2v) is 20.8. The van der Waals surface area contributed by atoms with E-state index in [1.165, 1.54) is 56.5 Å². The van der Waals surface area contributed by atoms with E-state index in [1.807, 2.05) is 0 Å². The average molecular weight is 1140 g/mol. The maximum atomic E-state index is 14.1. The summed E-state index contributed by atoms with van der Waals surface area (Å²) in [6, 6.07) is 6.27. The molecule has 2 aliphatic carbocycles. The fraction of sp³-hybridized carbons (Fsp3) is 0.464. The Hall–Kier alpha value is -8.30. The Morgan fingerprint density at radius 1 is 0.878 bits per heavy atom. The molecule has 6 unspecified atom stereocenters. The fourth-order valence-electron chi connectivity index (χ4n) is 10.3. The molecule has 8 atom stereocenters. The highest BCUT2D eigenvalue weighted by Crippen LogP contribution is 2.52. The molecule has 0 bridgehead atoms. The van der Waals surface area contributed by atoms with Crippen molar-refractivity contribution >= 4 is 64.7 Å². The third kappa shape index (κ3) is 13.9. The molecule has 440 valence electrons. The smallest absolute Gasteiger partial charge is 0.407 e. The van der Waals surface area contributed by atoms with Gasteiger partial charge in [0.1, 0.15) is 54.3 Å². The summed E-state index contributed by atoms with van der Waals surface area (Å²) in [4.78, 5) is 131. The van der Waals surface area contributed by atoms with Crippen LogP contribution in [0.2, 0.25) is 0 Å². The van der Waals surface area contributed by atoms with Gasteiger partial charge in [0.25, 0.3) is 11.8 Å². The van der Waals surface area contributed by atoms with E-state index >= 15 is 0 Å². The summed E-state index contributed by atoms with van der Waals surface area (Å²) in [5, 5.41) is 69.4. The number of benzene rings is 3. The van der Waals surface area contributed by atoms with Crippen molar-refractivity contribution in [1.29, 1.82) is 0 Å². The molecule has 0 aromatic heterocycles. The molecule has 26 nitrogen and oxygen atoms in total. The van der Waals surface area contributed by atoms with Gasteiger partial charge in [-0.3, -0.25) is 43.3 Å². The zero-order valence-electron chi connectivity index (χ0n) is 45.5. The first kappa shape index (κ1) is 61.3. The standard InChI is InChI=1S/C56H67N7O19/c1-27(2)46(62-38(66)13-6-5-7-21-63-39(67)18-19-40(63)68)53(75)60-33(11-9-20-58-54(57)76)52(74)59-30-16-14-29(15-17-30)26-80-55(77)61-34-22-41(81-28(3)47(34)69)82-36-24-56(78,37(65)25-64)23-32-43(36)51(73)45-44(49(32)71)48(70)31-10-8-12-35(79-4)42(31)50(45)72/h8,10,12,14-19,27-28,33-34,36,41,46-47,64,69,71,73,78H,5-7,9,11,13,20-26H2,1-4H3,(H,59,74)(H,60,75)(H,61,77)(H,62,66)(H3,57,58,76)/t28?,33?,34?,36?,41?,46-,47?,56-/m0/s1. The molecule has 4 aliphatic rings. The average Bonchev–Trinajstić information content (AvgIpc) is 1.70. The summed E-state index contributed by atoms with van der Waals surface area (Å²) in [5.41, 5.74) is 1.50. The maximum absolute atomic E-state index is 14.1. The number of urea groups is 1. The van der Waals surface area contributed by atoms with Crippen LogP contribution in [0.4, 0.5) is 15.3 Å². The summed E-state index contributed by atoms with van der Waals surface area (Å²) in [6.45, 7) is 3.78. The molecular formula is C56H67N7O19. The number of unbranched alkanes of at least 4 members (excludes halogenated alkanes) is 2.